The van der Waals surface area contributed by atoms with Crippen molar-refractivity contribution in [2.75, 3.05) is 13.2 Å². The van der Waals surface area contributed by atoms with Gasteiger partial charge in [-0.15, -0.1) is 0 Å². The highest BCUT2D eigenvalue weighted by atomic mass is 16.5. The molecule has 0 bridgehead atoms. The first-order valence-corrected chi connectivity index (χ1v) is 8.68. The van der Waals surface area contributed by atoms with E-state index >= 15 is 0 Å². The van der Waals surface area contributed by atoms with Crippen molar-refractivity contribution in [2.45, 2.75) is 77.5 Å². The summed E-state index contributed by atoms with van der Waals surface area (Å²) in [5.74, 6) is 1.20. The molecule has 2 heterocycles. The normalized spacial score (nSPS) is 20.6. The number of ether oxygens (including phenoxy) is 1. The standard InChI is InChI=1S/C17H31N3O/c1-3-10-18-15(8-9-16-7-5-6-13-21-16)14-17-19-11-12-20(17)4-2/h11-12,15-16,18H,3-10,13-14H2,1-2H3. The summed E-state index contributed by atoms with van der Waals surface area (Å²) in [5.41, 5.74) is 0. The molecule has 1 aromatic heterocycles. The highest BCUT2D eigenvalue weighted by molar-refractivity contribution is 4.95. The Hall–Kier alpha value is -0.870. The van der Waals surface area contributed by atoms with Gasteiger partial charge in [-0.1, -0.05) is 6.92 Å². The number of hydrogen-bond acceptors (Lipinski definition) is 3. The predicted molar refractivity (Wildman–Crippen MR) is 86.5 cm³/mol. The highest BCUT2D eigenvalue weighted by Gasteiger charge is 2.18. The van der Waals surface area contributed by atoms with E-state index in [1.165, 1.54) is 44.3 Å². The van der Waals surface area contributed by atoms with Crippen LogP contribution < -0.4 is 5.32 Å². The van der Waals surface area contributed by atoms with E-state index in [0.717, 1.165) is 26.1 Å². The van der Waals surface area contributed by atoms with Crippen LogP contribution in [0.3, 0.4) is 0 Å². The zero-order valence-electron chi connectivity index (χ0n) is 13.7. The molecular weight excluding hydrogens is 262 g/mol. The molecule has 0 aromatic carbocycles. The van der Waals surface area contributed by atoms with Crippen molar-refractivity contribution in [3.05, 3.63) is 18.2 Å². The molecule has 0 spiro atoms. The van der Waals surface area contributed by atoms with Gasteiger partial charge in [0.25, 0.3) is 0 Å². The SMILES string of the molecule is CCCNC(CCC1CCCCO1)Cc1nccn1CC. The Kier molecular flexibility index (Phi) is 7.24. The van der Waals surface area contributed by atoms with Gasteiger partial charge in [0.2, 0.25) is 0 Å². The van der Waals surface area contributed by atoms with Gasteiger partial charge in [0, 0.05) is 38.0 Å². The number of nitrogens with zero attached hydrogens (tertiary/aromatic N) is 2. The number of imidazole rings is 1. The van der Waals surface area contributed by atoms with Crippen molar-refractivity contribution in [3.63, 3.8) is 0 Å². The number of rotatable bonds is 9. The monoisotopic (exact) mass is 293 g/mol. The van der Waals surface area contributed by atoms with Gasteiger partial charge in [0.15, 0.2) is 0 Å². The second kappa shape index (κ2) is 9.21. The van der Waals surface area contributed by atoms with Crippen LogP contribution in [0.1, 0.15) is 58.2 Å². The number of hydrogen-bond donors (Lipinski definition) is 1. The fourth-order valence-electron chi connectivity index (χ4n) is 3.09. The molecule has 4 heteroatoms. The molecule has 1 fully saturated rings. The van der Waals surface area contributed by atoms with Crippen LogP contribution >= 0.6 is 0 Å². The molecule has 4 nitrogen and oxygen atoms in total. The average molecular weight is 293 g/mol. The van der Waals surface area contributed by atoms with E-state index in [1.54, 1.807) is 0 Å². The molecule has 1 N–H and O–H groups in total. The summed E-state index contributed by atoms with van der Waals surface area (Å²) < 4.78 is 8.11. The third-order valence-corrected chi connectivity index (χ3v) is 4.37. The van der Waals surface area contributed by atoms with Crippen LogP contribution in [0.5, 0.6) is 0 Å². The van der Waals surface area contributed by atoms with Crippen LogP contribution in [-0.4, -0.2) is 34.8 Å². The molecule has 0 saturated carbocycles. The van der Waals surface area contributed by atoms with E-state index in [1.807, 2.05) is 6.20 Å². The summed E-state index contributed by atoms with van der Waals surface area (Å²) in [7, 11) is 0. The summed E-state index contributed by atoms with van der Waals surface area (Å²) >= 11 is 0. The Morgan fingerprint density at radius 1 is 1.43 bits per heavy atom. The van der Waals surface area contributed by atoms with E-state index < -0.39 is 0 Å². The van der Waals surface area contributed by atoms with E-state index in [0.29, 0.717) is 12.1 Å². The summed E-state index contributed by atoms with van der Waals surface area (Å²) in [6.45, 7) is 7.44. The van der Waals surface area contributed by atoms with Gasteiger partial charge in [0.1, 0.15) is 5.82 Å². The maximum atomic E-state index is 5.86. The number of aromatic nitrogens is 2. The summed E-state index contributed by atoms with van der Waals surface area (Å²) in [5, 5.41) is 3.69. The Bertz CT molecular complexity index is 385. The zero-order valence-corrected chi connectivity index (χ0v) is 13.7. The lowest BCUT2D eigenvalue weighted by Gasteiger charge is -2.25. The largest absolute Gasteiger partial charge is 0.378 e. The topological polar surface area (TPSA) is 39.1 Å². The Morgan fingerprint density at radius 3 is 3.05 bits per heavy atom. The fraction of sp³-hybridized carbons (Fsp3) is 0.824. The van der Waals surface area contributed by atoms with E-state index in [2.05, 4.69) is 34.9 Å². The van der Waals surface area contributed by atoms with Crippen molar-refractivity contribution >= 4 is 0 Å². The van der Waals surface area contributed by atoms with Gasteiger partial charge in [-0.25, -0.2) is 4.98 Å². The van der Waals surface area contributed by atoms with Gasteiger partial charge < -0.3 is 14.6 Å². The molecule has 1 saturated heterocycles. The van der Waals surface area contributed by atoms with Gasteiger partial charge in [-0.3, -0.25) is 0 Å². The molecule has 120 valence electrons. The maximum absolute atomic E-state index is 5.86. The number of nitrogens with one attached hydrogen (secondary N) is 1. The van der Waals surface area contributed by atoms with Crippen molar-refractivity contribution in [1.29, 1.82) is 0 Å². The van der Waals surface area contributed by atoms with Gasteiger partial charge >= 0.3 is 0 Å². The third-order valence-electron chi connectivity index (χ3n) is 4.37. The Balaban J connectivity index is 1.84. The van der Waals surface area contributed by atoms with Crippen LogP contribution in [0.15, 0.2) is 12.4 Å². The molecule has 2 rings (SSSR count). The Morgan fingerprint density at radius 2 is 2.33 bits per heavy atom. The van der Waals surface area contributed by atoms with E-state index in [9.17, 15) is 0 Å². The molecule has 0 radical (unpaired) electrons. The minimum atomic E-state index is 0.482. The minimum Gasteiger partial charge on any atom is -0.378 e. The zero-order chi connectivity index (χ0) is 14.9. The van der Waals surface area contributed by atoms with Crippen LogP contribution in [0.2, 0.25) is 0 Å². The first kappa shape index (κ1) is 16.5. The molecule has 1 aliphatic rings. The molecule has 2 atom stereocenters. The quantitative estimate of drug-likeness (QED) is 0.760. The smallest absolute Gasteiger partial charge is 0.110 e. The van der Waals surface area contributed by atoms with Crippen molar-refractivity contribution in [2.24, 2.45) is 0 Å². The molecule has 21 heavy (non-hydrogen) atoms. The summed E-state index contributed by atoms with van der Waals surface area (Å²) in [4.78, 5) is 4.52. The first-order valence-electron chi connectivity index (χ1n) is 8.68. The average Bonchev–Trinajstić information content (AvgIpc) is 2.98. The van der Waals surface area contributed by atoms with Crippen molar-refractivity contribution < 1.29 is 4.74 Å². The highest BCUT2D eigenvalue weighted by Crippen LogP contribution is 2.18. The fourth-order valence-corrected chi connectivity index (χ4v) is 3.09. The van der Waals surface area contributed by atoms with E-state index in [-0.39, 0.29) is 0 Å². The second-order valence-corrected chi connectivity index (χ2v) is 6.05. The first-order chi connectivity index (χ1) is 10.3. The lowest BCUT2D eigenvalue weighted by molar-refractivity contribution is 0.00854. The Labute approximate surface area is 129 Å². The van der Waals surface area contributed by atoms with Crippen LogP contribution in [-0.2, 0) is 17.7 Å². The van der Waals surface area contributed by atoms with Crippen LogP contribution in [0.4, 0.5) is 0 Å². The van der Waals surface area contributed by atoms with Crippen molar-refractivity contribution in [1.82, 2.24) is 14.9 Å². The number of aryl methyl sites for hydroxylation is 1. The molecule has 0 amide bonds. The summed E-state index contributed by atoms with van der Waals surface area (Å²) in [6, 6.07) is 0.517. The molecule has 1 aromatic rings. The molecule has 1 aliphatic heterocycles. The van der Waals surface area contributed by atoms with Gasteiger partial charge in [-0.05, 0) is 52.0 Å². The summed E-state index contributed by atoms with van der Waals surface area (Å²) in [6.07, 6.45) is 12.8. The third kappa shape index (κ3) is 5.44. The second-order valence-electron chi connectivity index (χ2n) is 6.05. The lowest BCUT2D eigenvalue weighted by Crippen LogP contribution is -2.34. The minimum absolute atomic E-state index is 0.482. The predicted octanol–water partition coefficient (Wildman–Crippen LogP) is 3.16. The molecule has 0 aliphatic carbocycles. The molecule has 2 unspecified atom stereocenters. The van der Waals surface area contributed by atoms with Crippen LogP contribution in [0, 0.1) is 0 Å². The van der Waals surface area contributed by atoms with Crippen molar-refractivity contribution in [3.8, 4) is 0 Å². The molecular formula is C17H31N3O. The lowest BCUT2D eigenvalue weighted by atomic mass is 9.99. The van der Waals surface area contributed by atoms with E-state index in [4.69, 9.17) is 4.74 Å². The van der Waals surface area contributed by atoms with Crippen LogP contribution in [0.25, 0.3) is 0 Å². The van der Waals surface area contributed by atoms with Gasteiger partial charge in [0.05, 0.1) is 6.10 Å². The maximum Gasteiger partial charge on any atom is 0.110 e. The van der Waals surface area contributed by atoms with Gasteiger partial charge in [-0.2, -0.15) is 0 Å².